The summed E-state index contributed by atoms with van der Waals surface area (Å²) in [5.74, 6) is 1.76. The van der Waals surface area contributed by atoms with Crippen LogP contribution in [0, 0.1) is 11.8 Å². The fraction of sp³-hybridized carbons (Fsp3) is 0.786. The lowest BCUT2D eigenvalue weighted by Crippen LogP contribution is -2.20. The first-order valence-corrected chi connectivity index (χ1v) is 7.05. The van der Waals surface area contributed by atoms with Crippen LogP contribution in [0.2, 0.25) is 0 Å². The summed E-state index contributed by atoms with van der Waals surface area (Å²) >= 11 is 0. The molecule has 0 spiro atoms. The Labute approximate surface area is 104 Å². The van der Waals surface area contributed by atoms with E-state index in [2.05, 4.69) is 21.8 Å². The zero-order valence-corrected chi connectivity index (χ0v) is 10.7. The molecule has 0 aromatic carbocycles. The lowest BCUT2D eigenvalue weighted by atomic mass is 9.98. The van der Waals surface area contributed by atoms with Gasteiger partial charge in [-0.05, 0) is 31.1 Å². The maximum absolute atomic E-state index is 4.31. The average molecular weight is 233 g/mol. The molecule has 3 rings (SSSR count). The standard InChI is InChI=1S/C14H23N3/c1-11-3-2-4-12(11)9-17-10-15-7-14(17)8-16-13-5-6-13/h7,10-13,16H,2-6,8-9H2,1H3. The van der Waals surface area contributed by atoms with Gasteiger partial charge in [0.15, 0.2) is 0 Å². The molecule has 2 saturated carbocycles. The fourth-order valence-electron chi connectivity index (χ4n) is 2.94. The van der Waals surface area contributed by atoms with E-state index in [0.29, 0.717) is 0 Å². The topological polar surface area (TPSA) is 29.9 Å². The van der Waals surface area contributed by atoms with Crippen LogP contribution < -0.4 is 5.32 Å². The van der Waals surface area contributed by atoms with Crippen molar-refractivity contribution in [1.82, 2.24) is 14.9 Å². The molecule has 0 amide bonds. The summed E-state index contributed by atoms with van der Waals surface area (Å²) < 4.78 is 2.36. The minimum Gasteiger partial charge on any atom is -0.333 e. The molecule has 0 radical (unpaired) electrons. The first-order chi connectivity index (χ1) is 8.33. The van der Waals surface area contributed by atoms with Crippen LogP contribution in [0.1, 0.15) is 44.7 Å². The molecule has 2 aliphatic rings. The van der Waals surface area contributed by atoms with Crippen LogP contribution in [0.4, 0.5) is 0 Å². The third kappa shape index (κ3) is 2.71. The van der Waals surface area contributed by atoms with Gasteiger partial charge in [-0.15, -0.1) is 0 Å². The van der Waals surface area contributed by atoms with Crippen molar-refractivity contribution in [3.63, 3.8) is 0 Å². The molecule has 3 nitrogen and oxygen atoms in total. The van der Waals surface area contributed by atoms with Crippen molar-refractivity contribution < 1.29 is 0 Å². The van der Waals surface area contributed by atoms with Crippen molar-refractivity contribution in [3.05, 3.63) is 18.2 Å². The SMILES string of the molecule is CC1CCCC1Cn1cncc1CNC1CC1. The van der Waals surface area contributed by atoms with Gasteiger partial charge in [-0.25, -0.2) is 4.98 Å². The highest BCUT2D eigenvalue weighted by Gasteiger charge is 2.24. The predicted molar refractivity (Wildman–Crippen MR) is 68.6 cm³/mol. The predicted octanol–water partition coefficient (Wildman–Crippen LogP) is 2.57. The van der Waals surface area contributed by atoms with Gasteiger partial charge >= 0.3 is 0 Å². The molecule has 2 fully saturated rings. The van der Waals surface area contributed by atoms with E-state index in [-0.39, 0.29) is 0 Å². The maximum Gasteiger partial charge on any atom is 0.0948 e. The van der Waals surface area contributed by atoms with Gasteiger partial charge < -0.3 is 9.88 Å². The molecule has 1 aromatic rings. The lowest BCUT2D eigenvalue weighted by molar-refractivity contribution is 0.358. The minimum atomic E-state index is 0.781. The first-order valence-electron chi connectivity index (χ1n) is 7.05. The van der Waals surface area contributed by atoms with E-state index in [9.17, 15) is 0 Å². The van der Waals surface area contributed by atoms with Crippen LogP contribution in [0.5, 0.6) is 0 Å². The van der Waals surface area contributed by atoms with E-state index in [4.69, 9.17) is 0 Å². The molecule has 1 N–H and O–H groups in total. The van der Waals surface area contributed by atoms with Crippen LogP contribution in [0.25, 0.3) is 0 Å². The fourth-order valence-corrected chi connectivity index (χ4v) is 2.94. The second-order valence-electron chi connectivity index (χ2n) is 5.86. The molecule has 1 heterocycles. The van der Waals surface area contributed by atoms with Gasteiger partial charge in [0.05, 0.1) is 12.0 Å². The Morgan fingerprint density at radius 2 is 2.24 bits per heavy atom. The van der Waals surface area contributed by atoms with E-state index in [1.807, 2.05) is 12.5 Å². The second kappa shape index (κ2) is 4.81. The third-order valence-corrected chi connectivity index (χ3v) is 4.42. The number of nitrogens with one attached hydrogen (secondary N) is 1. The molecule has 0 bridgehead atoms. The van der Waals surface area contributed by atoms with Gasteiger partial charge in [0.2, 0.25) is 0 Å². The van der Waals surface area contributed by atoms with Crippen molar-refractivity contribution in [2.24, 2.45) is 11.8 Å². The zero-order valence-electron chi connectivity index (χ0n) is 10.7. The average Bonchev–Trinajstić information content (AvgIpc) is 2.92. The highest BCUT2D eigenvalue weighted by molar-refractivity contribution is 5.00. The van der Waals surface area contributed by atoms with Crippen LogP contribution in [0.15, 0.2) is 12.5 Å². The Balaban J connectivity index is 1.59. The van der Waals surface area contributed by atoms with Gasteiger partial charge in [0.25, 0.3) is 0 Å². The zero-order chi connectivity index (χ0) is 11.7. The molecule has 1 aromatic heterocycles. The third-order valence-electron chi connectivity index (χ3n) is 4.42. The Morgan fingerprint density at radius 1 is 1.35 bits per heavy atom. The lowest BCUT2D eigenvalue weighted by Gasteiger charge is -2.17. The van der Waals surface area contributed by atoms with E-state index in [0.717, 1.165) is 24.4 Å². The Bertz CT molecular complexity index is 367. The van der Waals surface area contributed by atoms with Crippen molar-refractivity contribution in [3.8, 4) is 0 Å². The van der Waals surface area contributed by atoms with Gasteiger partial charge in [-0.2, -0.15) is 0 Å². The number of hydrogen-bond donors (Lipinski definition) is 1. The molecule has 3 heteroatoms. The molecule has 2 unspecified atom stereocenters. The smallest absolute Gasteiger partial charge is 0.0948 e. The molecule has 17 heavy (non-hydrogen) atoms. The van der Waals surface area contributed by atoms with Crippen LogP contribution in [-0.4, -0.2) is 15.6 Å². The van der Waals surface area contributed by atoms with Crippen LogP contribution in [-0.2, 0) is 13.1 Å². The van der Waals surface area contributed by atoms with Gasteiger partial charge in [0, 0.05) is 25.3 Å². The van der Waals surface area contributed by atoms with Crippen molar-refractivity contribution in [2.45, 2.75) is 58.2 Å². The minimum absolute atomic E-state index is 0.781. The Kier molecular flexibility index (Phi) is 3.19. The van der Waals surface area contributed by atoms with Crippen LogP contribution >= 0.6 is 0 Å². The molecule has 2 atom stereocenters. The molecule has 0 saturated heterocycles. The Hall–Kier alpha value is -0.830. The molecule has 2 aliphatic carbocycles. The summed E-state index contributed by atoms with van der Waals surface area (Å²) in [5.41, 5.74) is 1.36. The molecular formula is C14H23N3. The van der Waals surface area contributed by atoms with Crippen LogP contribution in [0.3, 0.4) is 0 Å². The van der Waals surface area contributed by atoms with Crippen molar-refractivity contribution in [1.29, 1.82) is 0 Å². The summed E-state index contributed by atoms with van der Waals surface area (Å²) in [5, 5.41) is 3.57. The highest BCUT2D eigenvalue weighted by Crippen LogP contribution is 2.32. The van der Waals surface area contributed by atoms with Crippen molar-refractivity contribution >= 4 is 0 Å². The quantitative estimate of drug-likeness (QED) is 0.847. The molecule has 0 aliphatic heterocycles. The van der Waals surface area contributed by atoms with E-state index >= 15 is 0 Å². The van der Waals surface area contributed by atoms with E-state index < -0.39 is 0 Å². The monoisotopic (exact) mass is 233 g/mol. The molecular weight excluding hydrogens is 210 g/mol. The van der Waals surface area contributed by atoms with E-state index in [1.54, 1.807) is 0 Å². The summed E-state index contributed by atoms with van der Waals surface area (Å²) in [6, 6.07) is 0.781. The first kappa shape index (κ1) is 11.3. The van der Waals surface area contributed by atoms with Gasteiger partial charge in [-0.3, -0.25) is 0 Å². The highest BCUT2D eigenvalue weighted by atomic mass is 15.1. The largest absolute Gasteiger partial charge is 0.333 e. The Morgan fingerprint density at radius 3 is 2.94 bits per heavy atom. The normalized spacial score (nSPS) is 28.8. The number of aromatic nitrogens is 2. The summed E-state index contributed by atoms with van der Waals surface area (Å²) in [7, 11) is 0. The van der Waals surface area contributed by atoms with Gasteiger partial charge in [0.1, 0.15) is 0 Å². The summed E-state index contributed by atoms with van der Waals surface area (Å²) in [4.78, 5) is 4.31. The second-order valence-corrected chi connectivity index (χ2v) is 5.86. The van der Waals surface area contributed by atoms with Crippen molar-refractivity contribution in [2.75, 3.05) is 0 Å². The summed E-state index contributed by atoms with van der Waals surface area (Å²) in [6.07, 6.45) is 11.0. The molecule has 94 valence electrons. The number of nitrogens with zero attached hydrogens (tertiary/aromatic N) is 2. The van der Waals surface area contributed by atoms with E-state index in [1.165, 1.54) is 44.3 Å². The number of rotatable bonds is 5. The van der Waals surface area contributed by atoms with Gasteiger partial charge in [-0.1, -0.05) is 19.8 Å². The number of hydrogen-bond acceptors (Lipinski definition) is 2. The summed E-state index contributed by atoms with van der Waals surface area (Å²) in [6.45, 7) is 4.56. The maximum atomic E-state index is 4.31. The number of imidazole rings is 1.